The third-order valence-corrected chi connectivity index (χ3v) is 1.91. The molecule has 0 aliphatic heterocycles. The molecule has 0 bridgehead atoms. The molecule has 1 aromatic rings. The van der Waals surface area contributed by atoms with Crippen LogP contribution in [0.2, 0.25) is 0 Å². The highest BCUT2D eigenvalue weighted by Crippen LogP contribution is 1.97. The zero-order valence-electron chi connectivity index (χ0n) is 5.56. The van der Waals surface area contributed by atoms with E-state index in [2.05, 4.69) is 5.10 Å². The lowest BCUT2D eigenvalue weighted by molar-refractivity contribution is 0.121. The van der Waals surface area contributed by atoms with Gasteiger partial charge in [-0.05, 0) is 6.92 Å². The molecule has 0 aliphatic rings. The fourth-order valence-corrected chi connectivity index (χ4v) is 1.37. The van der Waals surface area contributed by atoms with Crippen LogP contribution >= 0.6 is 11.3 Å². The van der Waals surface area contributed by atoms with Crippen molar-refractivity contribution in [3.63, 3.8) is 0 Å². The quantitative estimate of drug-likeness (QED) is 0.441. The van der Waals surface area contributed by atoms with Crippen LogP contribution in [0.15, 0.2) is 16.7 Å². The normalized spacial score (nSPS) is 15.6. The van der Waals surface area contributed by atoms with Crippen molar-refractivity contribution in [3.05, 3.63) is 16.4 Å². The van der Waals surface area contributed by atoms with Crippen LogP contribution in [-0.4, -0.2) is 9.67 Å². The molecule has 1 aromatic heterocycles. The van der Waals surface area contributed by atoms with Gasteiger partial charge >= 0.3 is 0 Å². The highest BCUT2D eigenvalue weighted by atomic mass is 32.1. The second-order valence-corrected chi connectivity index (χ2v) is 2.73. The van der Waals surface area contributed by atoms with E-state index < -0.39 is 6.23 Å². The number of nitrogens with two attached hydrogens (primary N) is 1. The van der Waals surface area contributed by atoms with E-state index in [4.69, 9.17) is 10.9 Å². The molecule has 1 atom stereocenters. The number of aliphatic hydroxyl groups excluding tert-OH is 1. The van der Waals surface area contributed by atoms with Gasteiger partial charge in [0, 0.05) is 11.6 Å². The molecule has 0 aromatic carbocycles. The van der Waals surface area contributed by atoms with Gasteiger partial charge in [0.05, 0.1) is 0 Å². The van der Waals surface area contributed by atoms with Crippen molar-refractivity contribution in [3.8, 4) is 0 Å². The maximum atomic E-state index is 9.08. The molecule has 56 valence electrons. The van der Waals surface area contributed by atoms with E-state index in [1.54, 1.807) is 17.7 Å². The van der Waals surface area contributed by atoms with Crippen LogP contribution in [0.25, 0.3) is 0 Å². The molecule has 3 N–H and O–H groups in total. The first-order chi connectivity index (χ1) is 4.75. The maximum Gasteiger partial charge on any atom is 0.209 e. The van der Waals surface area contributed by atoms with Crippen molar-refractivity contribution in [1.82, 2.24) is 4.57 Å². The van der Waals surface area contributed by atoms with E-state index >= 15 is 0 Å². The molecular weight excluding hydrogens is 150 g/mol. The molecule has 0 fully saturated rings. The molecule has 1 heterocycles. The van der Waals surface area contributed by atoms with Crippen LogP contribution in [0.1, 0.15) is 13.2 Å². The third-order valence-electron chi connectivity index (χ3n) is 1.13. The van der Waals surface area contributed by atoms with Gasteiger partial charge in [-0.2, -0.15) is 5.10 Å². The van der Waals surface area contributed by atoms with E-state index in [9.17, 15) is 0 Å². The molecule has 0 amide bonds. The number of hydrogen-bond donors (Lipinski definition) is 2. The summed E-state index contributed by atoms with van der Waals surface area (Å²) in [5, 5.41) is 14.4. The van der Waals surface area contributed by atoms with Crippen LogP contribution in [0, 0.1) is 0 Å². The number of thiazole rings is 1. The number of nitrogens with zero attached hydrogens (tertiary/aromatic N) is 2. The molecule has 1 rings (SSSR count). The Morgan fingerprint density at radius 2 is 2.60 bits per heavy atom. The maximum absolute atomic E-state index is 9.08. The summed E-state index contributed by atoms with van der Waals surface area (Å²) in [4.78, 5) is 0.620. The fraction of sp³-hybridized carbons (Fsp3) is 0.400. The van der Waals surface area contributed by atoms with Gasteiger partial charge in [-0.15, -0.1) is 11.3 Å². The van der Waals surface area contributed by atoms with Gasteiger partial charge in [-0.25, -0.2) is 0 Å². The minimum absolute atomic E-state index is 0.562. The van der Waals surface area contributed by atoms with Crippen molar-refractivity contribution in [2.45, 2.75) is 13.2 Å². The van der Waals surface area contributed by atoms with Crippen LogP contribution in [-0.2, 0) is 0 Å². The SMILES string of the molecule is CC(O)n1ccs/c1=N\N. The molecule has 10 heavy (non-hydrogen) atoms. The molecule has 0 saturated carbocycles. The highest BCUT2D eigenvalue weighted by molar-refractivity contribution is 7.07. The Hall–Kier alpha value is -0.810. The van der Waals surface area contributed by atoms with Gasteiger partial charge in [0.25, 0.3) is 0 Å². The summed E-state index contributed by atoms with van der Waals surface area (Å²) < 4.78 is 1.59. The topological polar surface area (TPSA) is 63.5 Å². The van der Waals surface area contributed by atoms with Gasteiger partial charge in [0.1, 0.15) is 6.23 Å². The standard InChI is InChI=1S/C5H9N3OS/c1-4(9)8-2-3-10-5(8)7-6/h2-4,9H,6H2,1H3/b7-5-. The average molecular weight is 159 g/mol. The Kier molecular flexibility index (Phi) is 2.08. The van der Waals surface area contributed by atoms with Crippen molar-refractivity contribution >= 4 is 11.3 Å². The summed E-state index contributed by atoms with van der Waals surface area (Å²) in [6.07, 6.45) is 1.18. The van der Waals surface area contributed by atoms with Crippen LogP contribution in [0.5, 0.6) is 0 Å². The van der Waals surface area contributed by atoms with E-state index in [0.717, 1.165) is 0 Å². The summed E-state index contributed by atoms with van der Waals surface area (Å²) in [7, 11) is 0. The van der Waals surface area contributed by atoms with Gasteiger partial charge < -0.3 is 10.9 Å². The molecule has 0 radical (unpaired) electrons. The van der Waals surface area contributed by atoms with Crippen molar-refractivity contribution in [1.29, 1.82) is 0 Å². The predicted octanol–water partition coefficient (Wildman–Crippen LogP) is -0.165. The van der Waals surface area contributed by atoms with E-state index in [1.165, 1.54) is 11.3 Å². The molecule has 5 heteroatoms. The van der Waals surface area contributed by atoms with Crippen molar-refractivity contribution < 1.29 is 5.11 Å². The Morgan fingerprint density at radius 3 is 3.00 bits per heavy atom. The average Bonchev–Trinajstić information content (AvgIpc) is 2.33. The molecule has 0 saturated heterocycles. The van der Waals surface area contributed by atoms with Gasteiger partial charge in [-0.1, -0.05) is 0 Å². The summed E-state index contributed by atoms with van der Waals surface area (Å²) in [6.45, 7) is 1.65. The number of aliphatic hydroxyl groups is 1. The Labute approximate surface area is 62.2 Å². The van der Waals surface area contributed by atoms with Gasteiger partial charge in [0.2, 0.25) is 4.80 Å². The number of hydrogen-bond acceptors (Lipinski definition) is 4. The summed E-state index contributed by atoms with van der Waals surface area (Å²) in [5.41, 5.74) is 0. The second-order valence-electron chi connectivity index (χ2n) is 1.85. The second kappa shape index (κ2) is 2.85. The minimum Gasteiger partial charge on any atom is -0.373 e. The molecule has 0 aliphatic carbocycles. The molecular formula is C5H9N3OS. The minimum atomic E-state index is -0.562. The van der Waals surface area contributed by atoms with Gasteiger partial charge in [-0.3, -0.25) is 4.57 Å². The number of aromatic nitrogens is 1. The molecule has 0 spiro atoms. The third kappa shape index (κ3) is 1.19. The van der Waals surface area contributed by atoms with Crippen LogP contribution in [0.4, 0.5) is 0 Å². The highest BCUT2D eigenvalue weighted by Gasteiger charge is 1.98. The first kappa shape index (κ1) is 7.30. The monoisotopic (exact) mass is 159 g/mol. The zero-order valence-corrected chi connectivity index (χ0v) is 6.38. The van der Waals surface area contributed by atoms with Crippen molar-refractivity contribution in [2.24, 2.45) is 10.9 Å². The smallest absolute Gasteiger partial charge is 0.209 e. The molecule has 4 nitrogen and oxygen atoms in total. The van der Waals surface area contributed by atoms with Crippen molar-refractivity contribution in [2.75, 3.05) is 0 Å². The largest absolute Gasteiger partial charge is 0.373 e. The summed E-state index contributed by atoms with van der Waals surface area (Å²) in [5.74, 6) is 5.04. The Balaban J connectivity index is 3.15. The van der Waals surface area contributed by atoms with E-state index in [0.29, 0.717) is 4.80 Å². The molecule has 1 unspecified atom stereocenters. The summed E-state index contributed by atoms with van der Waals surface area (Å²) in [6, 6.07) is 0. The predicted molar refractivity (Wildman–Crippen MR) is 39.0 cm³/mol. The van der Waals surface area contributed by atoms with E-state index in [-0.39, 0.29) is 0 Å². The zero-order chi connectivity index (χ0) is 7.56. The lowest BCUT2D eigenvalue weighted by Gasteiger charge is -2.03. The first-order valence-corrected chi connectivity index (χ1v) is 3.71. The Bertz CT molecular complexity index is 262. The fourth-order valence-electron chi connectivity index (χ4n) is 0.663. The van der Waals surface area contributed by atoms with Crippen LogP contribution < -0.4 is 10.6 Å². The Morgan fingerprint density at radius 1 is 1.90 bits per heavy atom. The summed E-state index contributed by atoms with van der Waals surface area (Å²) >= 11 is 1.39. The number of rotatable bonds is 1. The van der Waals surface area contributed by atoms with Crippen LogP contribution in [0.3, 0.4) is 0 Å². The first-order valence-electron chi connectivity index (χ1n) is 2.83. The lowest BCUT2D eigenvalue weighted by Crippen LogP contribution is -2.18. The van der Waals surface area contributed by atoms with Gasteiger partial charge in [0.15, 0.2) is 0 Å². The van der Waals surface area contributed by atoms with E-state index in [1.807, 2.05) is 5.38 Å². The lowest BCUT2D eigenvalue weighted by atomic mass is 10.6.